The van der Waals surface area contributed by atoms with E-state index in [0.29, 0.717) is 5.89 Å². The van der Waals surface area contributed by atoms with E-state index in [-0.39, 0.29) is 0 Å². The van der Waals surface area contributed by atoms with Crippen molar-refractivity contribution in [3.8, 4) is 0 Å². The summed E-state index contributed by atoms with van der Waals surface area (Å²) in [5.74, 6) is 1.30. The van der Waals surface area contributed by atoms with Gasteiger partial charge in [0.05, 0.1) is 5.69 Å². The molecular weight excluding hydrogens is 243 g/mol. The number of fused-ring (bicyclic) bond motifs is 1. The van der Waals surface area contributed by atoms with Crippen molar-refractivity contribution in [2.45, 2.75) is 25.1 Å². The molecule has 0 spiro atoms. The molecule has 0 radical (unpaired) electrons. The molecule has 1 amide bonds. The number of nitrogens with one attached hydrogen (secondary N) is 1. The highest BCUT2D eigenvalue weighted by Crippen LogP contribution is 2.26. The lowest BCUT2D eigenvalue weighted by Crippen LogP contribution is -2.26. The lowest BCUT2D eigenvalue weighted by Gasteiger charge is -2.08. The fourth-order valence-electron chi connectivity index (χ4n) is 1.57. The number of hydrogen-bond donors (Lipinski definition) is 1. The van der Waals surface area contributed by atoms with Crippen LogP contribution >= 0.6 is 11.8 Å². The van der Waals surface area contributed by atoms with Crippen molar-refractivity contribution in [3.05, 3.63) is 29.8 Å². The Balaban J connectivity index is 2.09. The van der Waals surface area contributed by atoms with Gasteiger partial charge in [0.15, 0.2) is 5.83 Å². The Bertz CT molecular complexity index is 435. The van der Waals surface area contributed by atoms with Gasteiger partial charge in [-0.25, -0.2) is 9.37 Å². The summed E-state index contributed by atoms with van der Waals surface area (Å²) in [7, 11) is 0. The third-order valence-corrected chi connectivity index (χ3v) is 3.44. The van der Waals surface area contributed by atoms with Gasteiger partial charge < -0.3 is 9.73 Å². The molecule has 1 aromatic heterocycles. The van der Waals surface area contributed by atoms with Crippen molar-refractivity contribution >= 4 is 17.7 Å². The van der Waals surface area contributed by atoms with E-state index in [1.54, 1.807) is 18.7 Å². The lowest BCUT2D eigenvalue weighted by atomic mass is 10.3. The van der Waals surface area contributed by atoms with Gasteiger partial charge in [-0.05, 0) is 6.92 Å². The minimum atomic E-state index is -1.01. The van der Waals surface area contributed by atoms with Crippen LogP contribution in [0.2, 0.25) is 0 Å². The van der Waals surface area contributed by atoms with Gasteiger partial charge in [-0.3, -0.25) is 4.79 Å². The number of carbonyl (C=O) groups excluding carboxylic acids is 1. The summed E-state index contributed by atoms with van der Waals surface area (Å²) in [5.41, 5.74) is 0.927. The van der Waals surface area contributed by atoms with Crippen LogP contribution in [0.5, 0.6) is 0 Å². The molecule has 0 bridgehead atoms. The number of aromatic nitrogens is 1. The van der Waals surface area contributed by atoms with Crippen molar-refractivity contribution in [1.29, 1.82) is 0 Å². The number of nitrogens with zero attached hydrogens (tertiary/aromatic N) is 1. The normalized spacial score (nSPS) is 16.1. The number of thioether (sulfide) groups is 1. The molecular formula is C11H13FN2O2S. The number of hydrogen-bond acceptors (Lipinski definition) is 4. The van der Waals surface area contributed by atoms with Crippen molar-refractivity contribution in [2.75, 3.05) is 5.75 Å². The van der Waals surface area contributed by atoms with E-state index in [1.165, 1.54) is 0 Å². The summed E-state index contributed by atoms with van der Waals surface area (Å²) in [5, 5.41) is 2.43. The summed E-state index contributed by atoms with van der Waals surface area (Å²) in [4.78, 5) is 15.4. The third-order valence-electron chi connectivity index (χ3n) is 2.47. The van der Waals surface area contributed by atoms with Crippen LogP contribution in [0.15, 0.2) is 16.8 Å². The van der Waals surface area contributed by atoms with Crippen LogP contribution in [0.3, 0.4) is 0 Å². The Hall–Kier alpha value is -1.30. The maximum Gasteiger partial charge on any atom is 0.280 e. The monoisotopic (exact) mass is 256 g/mol. The molecule has 1 atom stereocenters. The third kappa shape index (κ3) is 2.69. The smallest absolute Gasteiger partial charge is 0.280 e. The van der Waals surface area contributed by atoms with Gasteiger partial charge in [-0.1, -0.05) is 6.58 Å². The molecule has 0 aliphatic carbocycles. The molecule has 2 heterocycles. The maximum absolute atomic E-state index is 12.5. The zero-order chi connectivity index (χ0) is 12.4. The van der Waals surface area contributed by atoms with Crippen LogP contribution in [-0.4, -0.2) is 16.6 Å². The van der Waals surface area contributed by atoms with Crippen LogP contribution in [0.1, 0.15) is 30.3 Å². The number of rotatable bonds is 3. The first-order valence-corrected chi connectivity index (χ1v) is 6.45. The number of amides is 1. The van der Waals surface area contributed by atoms with Gasteiger partial charge in [0.2, 0.25) is 5.89 Å². The second-order valence-electron chi connectivity index (χ2n) is 3.82. The van der Waals surface area contributed by atoms with E-state index in [0.717, 1.165) is 29.4 Å². The number of halogens is 1. The lowest BCUT2D eigenvalue weighted by molar-refractivity contribution is -0.119. The number of aryl methyl sites for hydroxylation is 1. The topological polar surface area (TPSA) is 55.1 Å². The van der Waals surface area contributed by atoms with Crippen molar-refractivity contribution < 1.29 is 13.6 Å². The maximum atomic E-state index is 12.5. The molecule has 0 saturated carbocycles. The van der Waals surface area contributed by atoms with E-state index in [9.17, 15) is 9.18 Å². The zero-order valence-electron chi connectivity index (χ0n) is 9.46. The van der Waals surface area contributed by atoms with E-state index < -0.39 is 17.8 Å². The molecule has 1 aromatic rings. The Morgan fingerprint density at radius 1 is 1.71 bits per heavy atom. The van der Waals surface area contributed by atoms with Gasteiger partial charge in [-0.2, -0.15) is 11.8 Å². The van der Waals surface area contributed by atoms with E-state index >= 15 is 0 Å². The first-order chi connectivity index (χ1) is 8.08. The minimum absolute atomic E-state index is 0.423. The van der Waals surface area contributed by atoms with E-state index in [2.05, 4.69) is 16.9 Å². The summed E-state index contributed by atoms with van der Waals surface area (Å²) < 4.78 is 18.1. The first kappa shape index (κ1) is 12.2. The van der Waals surface area contributed by atoms with Gasteiger partial charge in [0.1, 0.15) is 11.8 Å². The summed E-state index contributed by atoms with van der Waals surface area (Å²) in [6.07, 6.45) is 0.851. The van der Waals surface area contributed by atoms with Crippen molar-refractivity contribution in [1.82, 2.24) is 10.3 Å². The van der Waals surface area contributed by atoms with Crippen LogP contribution < -0.4 is 5.32 Å². The molecule has 0 fully saturated rings. The molecule has 1 unspecified atom stereocenters. The Morgan fingerprint density at radius 2 is 2.47 bits per heavy atom. The van der Waals surface area contributed by atoms with Gasteiger partial charge in [-0.15, -0.1) is 0 Å². The Kier molecular flexibility index (Phi) is 3.51. The minimum Gasteiger partial charge on any atom is -0.443 e. The molecule has 92 valence electrons. The average molecular weight is 256 g/mol. The molecule has 0 saturated heterocycles. The summed E-state index contributed by atoms with van der Waals surface area (Å²) in [6.45, 7) is 4.63. The molecule has 6 heteroatoms. The highest BCUT2D eigenvalue weighted by atomic mass is 32.2. The predicted molar refractivity (Wildman–Crippen MR) is 63.2 cm³/mol. The highest BCUT2D eigenvalue weighted by molar-refractivity contribution is 7.98. The average Bonchev–Trinajstić information content (AvgIpc) is 2.72. The van der Waals surface area contributed by atoms with Gasteiger partial charge >= 0.3 is 0 Å². The van der Waals surface area contributed by atoms with Crippen LogP contribution in [-0.2, 0) is 17.0 Å². The molecule has 17 heavy (non-hydrogen) atoms. The molecule has 1 N–H and O–H groups in total. The first-order valence-electron chi connectivity index (χ1n) is 5.29. The largest absolute Gasteiger partial charge is 0.443 e. The van der Waals surface area contributed by atoms with E-state index in [4.69, 9.17) is 4.42 Å². The molecule has 2 rings (SSSR count). The summed E-state index contributed by atoms with van der Waals surface area (Å²) in [6, 6.07) is -0.453. The zero-order valence-corrected chi connectivity index (χ0v) is 10.3. The molecule has 1 aliphatic rings. The fraction of sp³-hybridized carbons (Fsp3) is 0.455. The molecule has 4 nitrogen and oxygen atoms in total. The standard InChI is InChI=1S/C11H13FN2O2S/c1-6(12)10(15)13-7(2)11-14-8-5-17-4-3-9(8)16-11/h7H,1,3-5H2,2H3,(H,13,15). The number of oxazole rings is 1. The SMILES string of the molecule is C=C(F)C(=O)NC(C)c1nc2c(o1)CCSC2. The predicted octanol–water partition coefficient (Wildman–Crippen LogP) is 2.12. The van der Waals surface area contributed by atoms with Crippen LogP contribution in [0, 0.1) is 0 Å². The Morgan fingerprint density at radius 3 is 3.12 bits per heavy atom. The van der Waals surface area contributed by atoms with Crippen LogP contribution in [0.25, 0.3) is 0 Å². The van der Waals surface area contributed by atoms with Crippen LogP contribution in [0.4, 0.5) is 4.39 Å². The van der Waals surface area contributed by atoms with Crippen molar-refractivity contribution in [3.63, 3.8) is 0 Å². The quantitative estimate of drug-likeness (QED) is 0.842. The van der Waals surface area contributed by atoms with Gasteiger partial charge in [0.25, 0.3) is 5.91 Å². The molecule has 1 aliphatic heterocycles. The second kappa shape index (κ2) is 4.91. The van der Waals surface area contributed by atoms with Gasteiger partial charge in [0, 0.05) is 17.9 Å². The fourth-order valence-corrected chi connectivity index (χ4v) is 2.46. The molecule has 0 aromatic carbocycles. The van der Waals surface area contributed by atoms with E-state index in [1.807, 2.05) is 0 Å². The summed E-state index contributed by atoms with van der Waals surface area (Å²) >= 11 is 1.80. The number of carbonyl (C=O) groups is 1. The highest BCUT2D eigenvalue weighted by Gasteiger charge is 2.22. The van der Waals surface area contributed by atoms with Crippen molar-refractivity contribution in [2.24, 2.45) is 0 Å². The second-order valence-corrected chi connectivity index (χ2v) is 4.93. The Labute approximate surface area is 103 Å².